The van der Waals surface area contributed by atoms with Gasteiger partial charge in [0.05, 0.1) is 0 Å². The van der Waals surface area contributed by atoms with Crippen molar-refractivity contribution in [2.24, 2.45) is 5.92 Å². The lowest BCUT2D eigenvalue weighted by atomic mass is 10.2. The standard InChI is InChI=1S/C24H26N4O2/c1-17(2)16-28-14-13-19-15-20(11-12-21(19)28)25-22(29)9-6-10-23-26-27-24(30-23)18-7-4-3-5-8-18/h3-5,7-8,11-15,17H,6,9-10,16H2,1-2H3,(H,25,29). The van der Waals surface area contributed by atoms with E-state index in [1.54, 1.807) is 0 Å². The maximum atomic E-state index is 12.3. The number of nitrogens with one attached hydrogen (secondary N) is 1. The summed E-state index contributed by atoms with van der Waals surface area (Å²) in [6, 6.07) is 17.8. The number of hydrogen-bond donors (Lipinski definition) is 1. The third-order valence-corrected chi connectivity index (χ3v) is 4.90. The molecule has 2 aromatic carbocycles. The minimum atomic E-state index is -0.0150. The van der Waals surface area contributed by atoms with Crippen molar-refractivity contribution < 1.29 is 9.21 Å². The Labute approximate surface area is 175 Å². The zero-order valence-electron chi connectivity index (χ0n) is 17.3. The van der Waals surface area contributed by atoms with Crippen molar-refractivity contribution in [3.8, 4) is 11.5 Å². The van der Waals surface area contributed by atoms with E-state index in [4.69, 9.17) is 4.42 Å². The summed E-state index contributed by atoms with van der Waals surface area (Å²) in [5, 5.41) is 12.3. The first-order valence-electron chi connectivity index (χ1n) is 10.3. The summed E-state index contributed by atoms with van der Waals surface area (Å²) >= 11 is 0. The fourth-order valence-electron chi connectivity index (χ4n) is 3.51. The van der Waals surface area contributed by atoms with Crippen LogP contribution in [-0.4, -0.2) is 20.7 Å². The maximum absolute atomic E-state index is 12.3. The van der Waals surface area contributed by atoms with Gasteiger partial charge >= 0.3 is 0 Å². The number of aryl methyl sites for hydroxylation is 1. The highest BCUT2D eigenvalue weighted by Gasteiger charge is 2.10. The highest BCUT2D eigenvalue weighted by Crippen LogP contribution is 2.22. The van der Waals surface area contributed by atoms with E-state index < -0.39 is 0 Å². The first kappa shape index (κ1) is 19.9. The third-order valence-electron chi connectivity index (χ3n) is 4.90. The number of rotatable bonds is 8. The molecular weight excluding hydrogens is 376 g/mol. The molecule has 0 aliphatic carbocycles. The highest BCUT2D eigenvalue weighted by atomic mass is 16.4. The Balaban J connectivity index is 1.29. The van der Waals surface area contributed by atoms with Crippen molar-refractivity contribution in [1.29, 1.82) is 0 Å². The number of fused-ring (bicyclic) bond motifs is 1. The van der Waals surface area contributed by atoms with Crippen LogP contribution in [0.25, 0.3) is 22.4 Å². The van der Waals surface area contributed by atoms with Gasteiger partial charge < -0.3 is 14.3 Å². The molecule has 2 heterocycles. The molecule has 0 saturated carbocycles. The zero-order chi connectivity index (χ0) is 20.9. The van der Waals surface area contributed by atoms with Crippen LogP contribution in [0.4, 0.5) is 5.69 Å². The van der Waals surface area contributed by atoms with Gasteiger partial charge in [0.2, 0.25) is 17.7 Å². The first-order chi connectivity index (χ1) is 14.6. The fourth-order valence-corrected chi connectivity index (χ4v) is 3.51. The molecule has 6 nitrogen and oxygen atoms in total. The van der Waals surface area contributed by atoms with Crippen molar-refractivity contribution in [1.82, 2.24) is 14.8 Å². The summed E-state index contributed by atoms with van der Waals surface area (Å²) in [4.78, 5) is 12.3. The molecule has 0 fully saturated rings. The van der Waals surface area contributed by atoms with E-state index in [0.717, 1.165) is 23.2 Å². The second-order valence-corrected chi connectivity index (χ2v) is 7.90. The molecule has 0 aliphatic rings. The van der Waals surface area contributed by atoms with Gasteiger partial charge in [0.15, 0.2) is 0 Å². The van der Waals surface area contributed by atoms with E-state index in [1.165, 1.54) is 5.52 Å². The van der Waals surface area contributed by atoms with Gasteiger partial charge in [-0.05, 0) is 48.7 Å². The molecule has 0 bridgehead atoms. The quantitative estimate of drug-likeness (QED) is 0.433. The summed E-state index contributed by atoms with van der Waals surface area (Å²) in [7, 11) is 0. The summed E-state index contributed by atoms with van der Waals surface area (Å²) in [5.41, 5.74) is 2.90. The van der Waals surface area contributed by atoms with Crippen LogP contribution in [0.2, 0.25) is 0 Å². The lowest BCUT2D eigenvalue weighted by molar-refractivity contribution is -0.116. The Morgan fingerprint density at radius 3 is 2.73 bits per heavy atom. The van der Waals surface area contributed by atoms with Crippen LogP contribution in [0, 0.1) is 5.92 Å². The van der Waals surface area contributed by atoms with Crippen molar-refractivity contribution >= 4 is 22.5 Å². The predicted octanol–water partition coefficient (Wildman–Crippen LogP) is 5.31. The van der Waals surface area contributed by atoms with E-state index in [2.05, 4.69) is 52.3 Å². The van der Waals surface area contributed by atoms with Gasteiger partial charge in [-0.25, -0.2) is 0 Å². The van der Waals surface area contributed by atoms with Crippen LogP contribution in [0.1, 0.15) is 32.6 Å². The molecule has 0 unspecified atom stereocenters. The van der Waals surface area contributed by atoms with Crippen LogP contribution in [-0.2, 0) is 17.8 Å². The van der Waals surface area contributed by atoms with Crippen LogP contribution in [0.3, 0.4) is 0 Å². The second-order valence-electron chi connectivity index (χ2n) is 7.90. The number of anilines is 1. The van der Waals surface area contributed by atoms with Crippen molar-refractivity contribution in [3.05, 3.63) is 66.7 Å². The number of carbonyl (C=O) groups excluding carboxylic acids is 1. The number of hydrogen-bond acceptors (Lipinski definition) is 4. The van der Waals surface area contributed by atoms with Crippen molar-refractivity contribution in [2.75, 3.05) is 5.32 Å². The van der Waals surface area contributed by atoms with Crippen molar-refractivity contribution in [2.45, 2.75) is 39.7 Å². The molecule has 0 aliphatic heterocycles. The highest BCUT2D eigenvalue weighted by molar-refractivity contribution is 5.93. The maximum Gasteiger partial charge on any atom is 0.247 e. The zero-order valence-corrected chi connectivity index (χ0v) is 17.3. The Hall–Kier alpha value is -3.41. The van der Waals surface area contributed by atoms with E-state index >= 15 is 0 Å². The Kier molecular flexibility index (Phi) is 5.93. The molecule has 154 valence electrons. The van der Waals surface area contributed by atoms with Crippen molar-refractivity contribution in [3.63, 3.8) is 0 Å². The lowest BCUT2D eigenvalue weighted by Crippen LogP contribution is -2.11. The number of aromatic nitrogens is 3. The van der Waals surface area contributed by atoms with E-state index in [0.29, 0.717) is 37.0 Å². The monoisotopic (exact) mass is 402 g/mol. The molecule has 0 spiro atoms. The lowest BCUT2D eigenvalue weighted by Gasteiger charge is -2.09. The second kappa shape index (κ2) is 8.95. The van der Waals surface area contributed by atoms with Gasteiger partial charge in [-0.3, -0.25) is 4.79 Å². The van der Waals surface area contributed by atoms with Crippen LogP contribution < -0.4 is 5.32 Å². The molecule has 0 saturated heterocycles. The van der Waals surface area contributed by atoms with E-state index in [9.17, 15) is 4.79 Å². The number of nitrogens with zero attached hydrogens (tertiary/aromatic N) is 3. The summed E-state index contributed by atoms with van der Waals surface area (Å²) in [6.07, 6.45) is 3.72. The van der Waals surface area contributed by atoms with Gasteiger partial charge in [0.1, 0.15) is 0 Å². The summed E-state index contributed by atoms with van der Waals surface area (Å²) < 4.78 is 7.94. The van der Waals surface area contributed by atoms with Crippen LogP contribution in [0.5, 0.6) is 0 Å². The molecule has 6 heteroatoms. The van der Waals surface area contributed by atoms with Crippen LogP contribution in [0.15, 0.2) is 65.2 Å². The molecular formula is C24H26N4O2. The molecule has 0 radical (unpaired) electrons. The molecule has 30 heavy (non-hydrogen) atoms. The van der Waals surface area contributed by atoms with Gasteiger partial charge in [0, 0.05) is 47.7 Å². The SMILES string of the molecule is CC(C)Cn1ccc2cc(NC(=O)CCCc3nnc(-c4ccccc4)o3)ccc21. The molecule has 1 N–H and O–H groups in total. The summed E-state index contributed by atoms with van der Waals surface area (Å²) in [6.45, 7) is 5.39. The fraction of sp³-hybridized carbons (Fsp3) is 0.292. The molecule has 1 amide bonds. The smallest absolute Gasteiger partial charge is 0.247 e. The normalized spacial score (nSPS) is 11.3. The summed E-state index contributed by atoms with van der Waals surface area (Å²) in [5.74, 6) is 1.63. The molecule has 4 rings (SSSR count). The van der Waals surface area contributed by atoms with Gasteiger partial charge in [-0.2, -0.15) is 0 Å². The van der Waals surface area contributed by atoms with Gasteiger partial charge in [-0.15, -0.1) is 10.2 Å². The minimum Gasteiger partial charge on any atom is -0.421 e. The van der Waals surface area contributed by atoms with Gasteiger partial charge in [0.25, 0.3) is 0 Å². The molecule has 0 atom stereocenters. The average Bonchev–Trinajstić information content (AvgIpc) is 3.36. The number of amides is 1. The Morgan fingerprint density at radius 2 is 1.93 bits per heavy atom. The van der Waals surface area contributed by atoms with Gasteiger partial charge in [-0.1, -0.05) is 32.0 Å². The first-order valence-corrected chi connectivity index (χ1v) is 10.3. The number of carbonyl (C=O) groups is 1. The van der Waals surface area contributed by atoms with Crippen LogP contribution >= 0.6 is 0 Å². The minimum absolute atomic E-state index is 0.0150. The molecule has 2 aromatic heterocycles. The third kappa shape index (κ3) is 4.76. The largest absolute Gasteiger partial charge is 0.421 e. The average molecular weight is 402 g/mol. The van der Waals surface area contributed by atoms with E-state index in [-0.39, 0.29) is 5.91 Å². The topological polar surface area (TPSA) is 73.0 Å². The Morgan fingerprint density at radius 1 is 1.10 bits per heavy atom. The predicted molar refractivity (Wildman–Crippen MR) is 118 cm³/mol. The van der Waals surface area contributed by atoms with E-state index in [1.807, 2.05) is 42.5 Å². The Bertz CT molecular complexity index is 1130. The number of benzene rings is 2. The molecule has 4 aromatic rings.